The third-order valence-corrected chi connectivity index (χ3v) is 8.91. The summed E-state index contributed by atoms with van der Waals surface area (Å²) >= 11 is 3.01. The van der Waals surface area contributed by atoms with Crippen LogP contribution in [0.15, 0.2) is 36.4 Å². The number of hydrogen-bond donors (Lipinski definition) is 0. The van der Waals surface area contributed by atoms with Gasteiger partial charge in [-0.05, 0) is 63.6 Å². The second-order valence-corrected chi connectivity index (χ2v) is 12.7. The van der Waals surface area contributed by atoms with E-state index in [9.17, 15) is 14.4 Å². The second kappa shape index (κ2) is 11.0. The van der Waals surface area contributed by atoms with Crippen LogP contribution in [0.3, 0.4) is 0 Å². The Labute approximate surface area is 241 Å². The number of anilines is 3. The van der Waals surface area contributed by atoms with E-state index in [4.69, 9.17) is 14.7 Å². The maximum Gasteiger partial charge on any atom is 0.410 e. The largest absolute Gasteiger partial charge is 0.444 e. The molecular weight excluding hydrogens is 547 g/mol. The summed E-state index contributed by atoms with van der Waals surface area (Å²) in [4.78, 5) is 30.0. The average Bonchev–Trinajstić information content (AvgIpc) is 3.53. The Morgan fingerprint density at radius 2 is 1.80 bits per heavy atom. The standard InChI is InChI=1S/C29H31FN6O2S2/c1-6-20-26(34(5)27-33-24(22(17-31)40-27)18-7-9-19(30)10-8-18)25-21(39-20)11-12-23(32-25)35-13-15-36(16-14-35)28(37)38-29(2,3)4/h7-12H,6,13-16H2,1-5H3. The van der Waals surface area contributed by atoms with Crippen LogP contribution in [0.5, 0.6) is 0 Å². The predicted octanol–water partition coefficient (Wildman–Crippen LogP) is 6.82. The van der Waals surface area contributed by atoms with Gasteiger partial charge in [0.1, 0.15) is 39.4 Å². The van der Waals surface area contributed by atoms with Crippen molar-refractivity contribution in [2.45, 2.75) is 39.7 Å². The first-order valence-electron chi connectivity index (χ1n) is 13.1. The lowest BCUT2D eigenvalue weighted by Crippen LogP contribution is -2.50. The number of halogens is 1. The number of pyridine rings is 1. The number of rotatable bonds is 5. The molecule has 4 aromatic rings. The lowest BCUT2D eigenvalue weighted by Gasteiger charge is -2.36. The smallest absolute Gasteiger partial charge is 0.410 e. The number of ether oxygens (including phenoxy) is 1. The zero-order valence-corrected chi connectivity index (χ0v) is 24.8. The second-order valence-electron chi connectivity index (χ2n) is 10.5. The summed E-state index contributed by atoms with van der Waals surface area (Å²) in [7, 11) is 1.95. The van der Waals surface area contributed by atoms with Crippen molar-refractivity contribution >= 4 is 55.6 Å². The SMILES string of the molecule is CCc1sc2ccc(N3CCN(C(=O)OC(C)(C)C)CC3)nc2c1N(C)c1nc(-c2ccc(F)cc2)c(C#N)s1. The number of thiazole rings is 1. The molecule has 4 heterocycles. The minimum Gasteiger partial charge on any atom is -0.444 e. The van der Waals surface area contributed by atoms with Gasteiger partial charge in [0.05, 0.1) is 10.4 Å². The summed E-state index contributed by atoms with van der Waals surface area (Å²) in [6.07, 6.45) is 0.538. The Hall–Kier alpha value is -3.75. The molecule has 1 amide bonds. The number of carbonyl (C=O) groups is 1. The number of carbonyl (C=O) groups excluding carboxylic acids is 1. The van der Waals surface area contributed by atoms with Crippen LogP contribution in [0, 0.1) is 17.1 Å². The molecular formula is C29H31FN6O2S2. The monoisotopic (exact) mass is 578 g/mol. The van der Waals surface area contributed by atoms with Crippen LogP contribution in [-0.4, -0.2) is 59.8 Å². The van der Waals surface area contributed by atoms with Crippen molar-refractivity contribution in [3.63, 3.8) is 0 Å². The molecule has 1 aromatic carbocycles. The highest BCUT2D eigenvalue weighted by Gasteiger charge is 2.27. The van der Waals surface area contributed by atoms with Gasteiger partial charge < -0.3 is 19.4 Å². The maximum absolute atomic E-state index is 13.5. The maximum atomic E-state index is 13.5. The molecule has 40 heavy (non-hydrogen) atoms. The number of benzene rings is 1. The van der Waals surface area contributed by atoms with Crippen molar-refractivity contribution in [1.29, 1.82) is 5.26 Å². The molecule has 0 N–H and O–H groups in total. The Morgan fingerprint density at radius 1 is 1.10 bits per heavy atom. The Bertz CT molecular complexity index is 1580. The number of nitriles is 1. The van der Waals surface area contributed by atoms with Gasteiger partial charge in [0.2, 0.25) is 0 Å². The Balaban J connectivity index is 1.43. The van der Waals surface area contributed by atoms with E-state index < -0.39 is 5.60 Å². The zero-order valence-electron chi connectivity index (χ0n) is 23.2. The van der Waals surface area contributed by atoms with E-state index >= 15 is 0 Å². The van der Waals surface area contributed by atoms with Crippen LogP contribution < -0.4 is 9.80 Å². The van der Waals surface area contributed by atoms with E-state index in [0.29, 0.717) is 47.4 Å². The number of thiophene rings is 1. The molecule has 0 radical (unpaired) electrons. The summed E-state index contributed by atoms with van der Waals surface area (Å²) in [6.45, 7) is 10.2. The minimum atomic E-state index is -0.523. The van der Waals surface area contributed by atoms with Crippen LogP contribution in [0.4, 0.5) is 25.8 Å². The van der Waals surface area contributed by atoms with Gasteiger partial charge in [-0.15, -0.1) is 11.3 Å². The number of aromatic nitrogens is 2. The van der Waals surface area contributed by atoms with Crippen LogP contribution in [0.25, 0.3) is 21.5 Å². The minimum absolute atomic E-state index is 0.287. The highest BCUT2D eigenvalue weighted by Crippen LogP contribution is 2.43. The van der Waals surface area contributed by atoms with Crippen molar-refractivity contribution in [2.24, 2.45) is 0 Å². The van der Waals surface area contributed by atoms with Crippen LogP contribution in [0.2, 0.25) is 0 Å². The number of piperazine rings is 1. The number of aryl methyl sites for hydroxylation is 1. The topological polar surface area (TPSA) is 85.6 Å². The fourth-order valence-electron chi connectivity index (χ4n) is 4.63. The summed E-state index contributed by atoms with van der Waals surface area (Å²) < 4.78 is 20.1. The molecule has 0 unspecified atom stereocenters. The van der Waals surface area contributed by atoms with Gasteiger partial charge in [0.25, 0.3) is 0 Å². The first-order chi connectivity index (χ1) is 19.1. The molecule has 3 aromatic heterocycles. The molecule has 0 saturated carbocycles. The number of nitrogens with zero attached hydrogens (tertiary/aromatic N) is 6. The molecule has 1 saturated heterocycles. The lowest BCUT2D eigenvalue weighted by atomic mass is 10.1. The normalized spacial score (nSPS) is 13.9. The summed E-state index contributed by atoms with van der Waals surface area (Å²) in [6, 6.07) is 12.4. The molecule has 5 rings (SSSR count). The highest BCUT2D eigenvalue weighted by atomic mass is 32.1. The molecule has 8 nitrogen and oxygen atoms in total. The zero-order chi connectivity index (χ0) is 28.6. The molecule has 1 fully saturated rings. The van der Waals surface area contributed by atoms with Gasteiger partial charge in [0, 0.05) is 43.7 Å². The molecule has 0 aliphatic carbocycles. The molecule has 0 atom stereocenters. The molecule has 0 bridgehead atoms. The molecule has 1 aliphatic rings. The van der Waals surface area contributed by atoms with Gasteiger partial charge in [0.15, 0.2) is 5.13 Å². The van der Waals surface area contributed by atoms with Crippen LogP contribution in [0.1, 0.15) is 37.4 Å². The highest BCUT2D eigenvalue weighted by molar-refractivity contribution is 7.20. The van der Waals surface area contributed by atoms with Crippen molar-refractivity contribution in [3.8, 4) is 17.3 Å². The molecule has 208 valence electrons. The summed E-state index contributed by atoms with van der Waals surface area (Å²) in [5, 5.41) is 10.5. The van der Waals surface area contributed by atoms with E-state index in [1.807, 2.05) is 38.8 Å². The fourth-order valence-corrected chi connectivity index (χ4v) is 6.60. The van der Waals surface area contributed by atoms with Crippen molar-refractivity contribution in [1.82, 2.24) is 14.9 Å². The third-order valence-electron chi connectivity index (χ3n) is 6.60. The summed E-state index contributed by atoms with van der Waals surface area (Å²) in [5.41, 5.74) is 2.58. The van der Waals surface area contributed by atoms with Crippen molar-refractivity contribution in [3.05, 3.63) is 52.0 Å². The number of hydrogen-bond acceptors (Lipinski definition) is 9. The lowest BCUT2D eigenvalue weighted by molar-refractivity contribution is 0.0240. The van der Waals surface area contributed by atoms with Crippen LogP contribution in [-0.2, 0) is 11.2 Å². The van der Waals surface area contributed by atoms with E-state index in [0.717, 1.165) is 28.1 Å². The number of fused-ring (bicyclic) bond motifs is 1. The molecule has 0 spiro atoms. The number of amides is 1. The molecule has 11 heteroatoms. The van der Waals surface area contributed by atoms with Crippen molar-refractivity contribution < 1.29 is 13.9 Å². The predicted molar refractivity (Wildman–Crippen MR) is 159 cm³/mol. The van der Waals surface area contributed by atoms with Gasteiger partial charge >= 0.3 is 6.09 Å². The first-order valence-corrected chi connectivity index (χ1v) is 14.8. The van der Waals surface area contributed by atoms with Gasteiger partial charge in [-0.2, -0.15) is 5.26 Å². The molecule has 1 aliphatic heterocycles. The summed E-state index contributed by atoms with van der Waals surface area (Å²) in [5.74, 6) is 0.524. The van der Waals surface area contributed by atoms with E-state index in [1.54, 1.807) is 28.4 Å². The van der Waals surface area contributed by atoms with Gasteiger partial charge in [-0.3, -0.25) is 0 Å². The van der Waals surface area contributed by atoms with E-state index in [2.05, 4.69) is 24.0 Å². The first kappa shape index (κ1) is 27.8. The quantitative estimate of drug-likeness (QED) is 0.257. The average molecular weight is 579 g/mol. The Kier molecular flexibility index (Phi) is 7.66. The third kappa shape index (κ3) is 5.60. The van der Waals surface area contributed by atoms with Crippen LogP contribution >= 0.6 is 22.7 Å². The van der Waals surface area contributed by atoms with E-state index in [1.165, 1.54) is 28.3 Å². The van der Waals surface area contributed by atoms with Crippen molar-refractivity contribution in [2.75, 3.05) is 43.0 Å². The van der Waals surface area contributed by atoms with E-state index in [-0.39, 0.29) is 11.9 Å². The Morgan fingerprint density at radius 3 is 2.42 bits per heavy atom. The van der Waals surface area contributed by atoms with Gasteiger partial charge in [-0.25, -0.2) is 19.2 Å². The van der Waals surface area contributed by atoms with Gasteiger partial charge in [-0.1, -0.05) is 18.3 Å². The fraction of sp³-hybridized carbons (Fsp3) is 0.379.